The maximum absolute atomic E-state index is 3.74. The van der Waals surface area contributed by atoms with Gasteiger partial charge in [0.15, 0.2) is 0 Å². The number of nitrogens with one attached hydrogen (secondary N) is 1. The highest BCUT2D eigenvalue weighted by Gasteiger charge is 2.39. The van der Waals surface area contributed by atoms with Gasteiger partial charge in [-0.3, -0.25) is 0 Å². The van der Waals surface area contributed by atoms with Crippen molar-refractivity contribution in [3.8, 4) is 0 Å². The van der Waals surface area contributed by atoms with E-state index in [2.05, 4.69) is 43.4 Å². The van der Waals surface area contributed by atoms with Crippen LogP contribution in [0.4, 0.5) is 0 Å². The van der Waals surface area contributed by atoms with E-state index in [9.17, 15) is 0 Å². The minimum absolute atomic E-state index is 0.672. The van der Waals surface area contributed by atoms with Gasteiger partial charge in [0.05, 0.1) is 0 Å². The average molecular weight is 271 g/mol. The molecule has 0 radical (unpaired) electrons. The minimum atomic E-state index is 0.672. The monoisotopic (exact) mass is 271 g/mol. The van der Waals surface area contributed by atoms with Gasteiger partial charge in [-0.15, -0.1) is 0 Å². The van der Waals surface area contributed by atoms with Crippen molar-refractivity contribution < 1.29 is 0 Å². The van der Waals surface area contributed by atoms with Crippen molar-refractivity contribution in [2.75, 3.05) is 6.54 Å². The molecule has 1 heteroatoms. The molecule has 0 aromatic heterocycles. The van der Waals surface area contributed by atoms with Crippen LogP contribution in [0.3, 0.4) is 0 Å². The van der Waals surface area contributed by atoms with Gasteiger partial charge in [0.1, 0.15) is 0 Å². The van der Waals surface area contributed by atoms with Crippen LogP contribution in [0.15, 0.2) is 24.3 Å². The van der Waals surface area contributed by atoms with E-state index in [0.717, 1.165) is 24.3 Å². The molecule has 2 fully saturated rings. The Kier molecular flexibility index (Phi) is 4.45. The van der Waals surface area contributed by atoms with E-state index in [1.54, 1.807) is 0 Å². The summed E-state index contributed by atoms with van der Waals surface area (Å²) in [6, 6.07) is 9.71. The maximum atomic E-state index is 3.74. The number of hydrogen-bond acceptors (Lipinski definition) is 1. The van der Waals surface area contributed by atoms with E-state index in [0.29, 0.717) is 6.04 Å². The Morgan fingerprint density at radius 2 is 2.15 bits per heavy atom. The van der Waals surface area contributed by atoms with E-state index < -0.39 is 0 Å². The summed E-state index contributed by atoms with van der Waals surface area (Å²) >= 11 is 0. The molecule has 3 rings (SSSR count). The van der Waals surface area contributed by atoms with E-state index in [1.165, 1.54) is 49.7 Å². The molecule has 20 heavy (non-hydrogen) atoms. The highest BCUT2D eigenvalue weighted by atomic mass is 14.9. The summed E-state index contributed by atoms with van der Waals surface area (Å²) in [6.07, 6.45) is 8.67. The van der Waals surface area contributed by atoms with Crippen LogP contribution in [0.1, 0.15) is 50.2 Å². The molecule has 1 aromatic rings. The number of likely N-dealkylation sites (N-methyl/N-ethyl adjacent to an activating group) is 1. The third-order valence-electron chi connectivity index (χ3n) is 5.53. The van der Waals surface area contributed by atoms with Gasteiger partial charge in [-0.05, 0) is 68.9 Å². The molecule has 2 aliphatic carbocycles. The average Bonchev–Trinajstić information content (AvgIpc) is 3.01. The zero-order valence-electron chi connectivity index (χ0n) is 13.1. The first kappa shape index (κ1) is 14.1. The van der Waals surface area contributed by atoms with Crippen molar-refractivity contribution in [2.24, 2.45) is 17.8 Å². The Bertz CT molecular complexity index is 439. The van der Waals surface area contributed by atoms with Crippen molar-refractivity contribution in [3.05, 3.63) is 35.4 Å². The predicted molar refractivity (Wildman–Crippen MR) is 85.9 cm³/mol. The fourth-order valence-electron chi connectivity index (χ4n) is 4.68. The molecule has 4 unspecified atom stereocenters. The van der Waals surface area contributed by atoms with Gasteiger partial charge < -0.3 is 5.32 Å². The summed E-state index contributed by atoms with van der Waals surface area (Å²) < 4.78 is 0. The van der Waals surface area contributed by atoms with E-state index in [1.807, 2.05) is 0 Å². The summed E-state index contributed by atoms with van der Waals surface area (Å²) in [5, 5.41) is 3.74. The smallest absolute Gasteiger partial charge is 0.0110 e. The molecule has 0 saturated heterocycles. The third kappa shape index (κ3) is 3.25. The Hall–Kier alpha value is -0.820. The topological polar surface area (TPSA) is 12.0 Å². The standard InChI is InChI=1S/C19H29N/c1-3-20-19(12-15-6-4-5-14(2)9-15)13-18-11-16-7-8-17(18)10-16/h4-6,9,16-20H,3,7-8,10-13H2,1-2H3. The fourth-order valence-corrected chi connectivity index (χ4v) is 4.68. The zero-order chi connectivity index (χ0) is 13.9. The molecule has 110 valence electrons. The molecule has 2 aliphatic rings. The maximum Gasteiger partial charge on any atom is 0.0110 e. The molecule has 0 amide bonds. The normalized spacial score (nSPS) is 29.8. The van der Waals surface area contributed by atoms with Gasteiger partial charge in [-0.1, -0.05) is 43.2 Å². The van der Waals surface area contributed by atoms with Crippen LogP contribution in [0.5, 0.6) is 0 Å². The number of aryl methyl sites for hydroxylation is 1. The molecule has 1 nitrogen and oxygen atoms in total. The first-order valence-electron chi connectivity index (χ1n) is 8.53. The van der Waals surface area contributed by atoms with Crippen molar-refractivity contribution in [2.45, 2.75) is 58.4 Å². The van der Waals surface area contributed by atoms with Crippen molar-refractivity contribution in [1.29, 1.82) is 0 Å². The zero-order valence-corrected chi connectivity index (χ0v) is 13.1. The van der Waals surface area contributed by atoms with Crippen molar-refractivity contribution in [3.63, 3.8) is 0 Å². The lowest BCUT2D eigenvalue weighted by molar-refractivity contribution is 0.278. The molecule has 1 aromatic carbocycles. The Labute approximate surface area is 124 Å². The lowest BCUT2D eigenvalue weighted by Crippen LogP contribution is -2.34. The molecular weight excluding hydrogens is 242 g/mol. The highest BCUT2D eigenvalue weighted by Crippen LogP contribution is 2.49. The summed E-state index contributed by atoms with van der Waals surface area (Å²) in [5.41, 5.74) is 2.89. The first-order chi connectivity index (χ1) is 9.74. The number of hydrogen-bond donors (Lipinski definition) is 1. The van der Waals surface area contributed by atoms with Gasteiger partial charge >= 0.3 is 0 Å². The second-order valence-electron chi connectivity index (χ2n) is 7.12. The second-order valence-corrected chi connectivity index (χ2v) is 7.12. The minimum Gasteiger partial charge on any atom is -0.314 e. The molecular formula is C19H29N. The SMILES string of the molecule is CCNC(Cc1cccc(C)c1)CC1CC2CCC1C2. The van der Waals surface area contributed by atoms with Crippen LogP contribution in [0.2, 0.25) is 0 Å². The Morgan fingerprint density at radius 3 is 2.80 bits per heavy atom. The molecule has 0 heterocycles. The van der Waals surface area contributed by atoms with Crippen LogP contribution >= 0.6 is 0 Å². The van der Waals surface area contributed by atoms with E-state index in [4.69, 9.17) is 0 Å². The van der Waals surface area contributed by atoms with Crippen LogP contribution in [0, 0.1) is 24.7 Å². The van der Waals surface area contributed by atoms with E-state index >= 15 is 0 Å². The highest BCUT2D eigenvalue weighted by molar-refractivity contribution is 5.23. The Morgan fingerprint density at radius 1 is 1.25 bits per heavy atom. The third-order valence-corrected chi connectivity index (χ3v) is 5.53. The molecule has 0 spiro atoms. The first-order valence-corrected chi connectivity index (χ1v) is 8.53. The van der Waals surface area contributed by atoms with Crippen LogP contribution in [0.25, 0.3) is 0 Å². The largest absolute Gasteiger partial charge is 0.314 e. The molecule has 4 atom stereocenters. The van der Waals surface area contributed by atoms with Crippen LogP contribution in [-0.2, 0) is 6.42 Å². The molecule has 1 N–H and O–H groups in total. The molecule has 0 aliphatic heterocycles. The quantitative estimate of drug-likeness (QED) is 0.811. The lowest BCUT2D eigenvalue weighted by Gasteiger charge is -2.27. The van der Waals surface area contributed by atoms with Gasteiger partial charge in [0, 0.05) is 6.04 Å². The molecule has 2 saturated carbocycles. The molecule has 2 bridgehead atoms. The number of rotatable bonds is 6. The van der Waals surface area contributed by atoms with Crippen molar-refractivity contribution in [1.82, 2.24) is 5.32 Å². The fraction of sp³-hybridized carbons (Fsp3) is 0.684. The van der Waals surface area contributed by atoms with Crippen LogP contribution in [-0.4, -0.2) is 12.6 Å². The van der Waals surface area contributed by atoms with Gasteiger partial charge in [-0.25, -0.2) is 0 Å². The summed E-state index contributed by atoms with van der Waals surface area (Å²) in [6.45, 7) is 5.53. The summed E-state index contributed by atoms with van der Waals surface area (Å²) in [7, 11) is 0. The second kappa shape index (κ2) is 6.30. The predicted octanol–water partition coefficient (Wildman–Crippen LogP) is 4.34. The summed E-state index contributed by atoms with van der Waals surface area (Å²) in [4.78, 5) is 0. The Balaban J connectivity index is 1.60. The number of benzene rings is 1. The summed E-state index contributed by atoms with van der Waals surface area (Å²) in [5.74, 6) is 3.13. The van der Waals surface area contributed by atoms with Gasteiger partial charge in [0.25, 0.3) is 0 Å². The lowest BCUT2D eigenvalue weighted by atomic mass is 9.83. The van der Waals surface area contributed by atoms with Gasteiger partial charge in [0.2, 0.25) is 0 Å². The van der Waals surface area contributed by atoms with Crippen LogP contribution < -0.4 is 5.32 Å². The van der Waals surface area contributed by atoms with Crippen molar-refractivity contribution >= 4 is 0 Å². The number of fused-ring (bicyclic) bond motifs is 2. The van der Waals surface area contributed by atoms with E-state index in [-0.39, 0.29) is 0 Å². The van der Waals surface area contributed by atoms with Gasteiger partial charge in [-0.2, -0.15) is 0 Å².